The summed E-state index contributed by atoms with van der Waals surface area (Å²) in [7, 11) is 0. The van der Waals surface area contributed by atoms with Gasteiger partial charge >= 0.3 is 5.97 Å². The number of hydroxylamine groups is 2. The highest BCUT2D eigenvalue weighted by atomic mass is 17.0. The van der Waals surface area contributed by atoms with Gasteiger partial charge in [-0.15, -0.1) is 0 Å². The normalized spacial score (nSPS) is 11.1. The smallest absolute Gasteiger partial charge is 0.303 e. The van der Waals surface area contributed by atoms with Crippen LogP contribution < -0.4 is 0 Å². The molecular formula is C38H75NO7. The van der Waals surface area contributed by atoms with E-state index in [4.69, 9.17) is 25.0 Å². The maximum absolute atomic E-state index is 12.0. The first-order valence-electron chi connectivity index (χ1n) is 19.2. The summed E-state index contributed by atoms with van der Waals surface area (Å²) in [5.41, 5.74) is 0. The molecule has 3 N–H and O–H groups in total. The number of hydrogen-bond donors (Lipinski definition) is 3. The van der Waals surface area contributed by atoms with Crippen LogP contribution in [0.1, 0.15) is 194 Å². The number of unbranched alkanes of at least 4 members (excludes halogenated alkanes) is 23. The maximum Gasteiger partial charge on any atom is 0.303 e. The van der Waals surface area contributed by atoms with Crippen LogP contribution in [-0.4, -0.2) is 58.9 Å². The lowest BCUT2D eigenvalue weighted by Gasteiger charge is -2.19. The van der Waals surface area contributed by atoms with Crippen LogP contribution in [0.15, 0.2) is 12.2 Å². The minimum absolute atomic E-state index is 0.0104. The van der Waals surface area contributed by atoms with Crippen molar-refractivity contribution in [2.45, 2.75) is 194 Å². The largest absolute Gasteiger partial charge is 0.481 e. The van der Waals surface area contributed by atoms with Crippen molar-refractivity contribution < 1.29 is 34.6 Å². The summed E-state index contributed by atoms with van der Waals surface area (Å²) in [6.07, 6.45) is 38.0. The number of aliphatic hydroxyl groups is 2. The van der Waals surface area contributed by atoms with E-state index in [-0.39, 0.29) is 32.3 Å². The van der Waals surface area contributed by atoms with Crippen LogP contribution in [0, 0.1) is 0 Å². The molecule has 0 aromatic heterocycles. The van der Waals surface area contributed by atoms with Gasteiger partial charge in [0.15, 0.2) is 0 Å². The van der Waals surface area contributed by atoms with Crippen molar-refractivity contribution in [3.8, 4) is 0 Å². The summed E-state index contributed by atoms with van der Waals surface area (Å²) in [5.74, 6) is -0.933. The van der Waals surface area contributed by atoms with E-state index >= 15 is 0 Å². The van der Waals surface area contributed by atoms with Gasteiger partial charge in [-0.3, -0.25) is 9.59 Å². The molecule has 0 atom stereocenters. The first kappa shape index (κ1) is 46.6. The molecule has 0 aromatic carbocycles. The molecule has 46 heavy (non-hydrogen) atoms. The van der Waals surface area contributed by atoms with Gasteiger partial charge in [0.1, 0.15) is 13.2 Å². The molecule has 0 rings (SSSR count). The molecule has 1 amide bonds. The predicted molar refractivity (Wildman–Crippen MR) is 190 cm³/mol. The fraction of sp³-hybridized carbons (Fsp3) is 0.895. The van der Waals surface area contributed by atoms with Crippen molar-refractivity contribution >= 4 is 11.9 Å². The molecule has 0 saturated carbocycles. The fourth-order valence-corrected chi connectivity index (χ4v) is 5.16. The molecule has 8 heteroatoms. The van der Waals surface area contributed by atoms with Crippen LogP contribution in [0.2, 0.25) is 0 Å². The third-order valence-corrected chi connectivity index (χ3v) is 7.95. The summed E-state index contributed by atoms with van der Waals surface area (Å²) >= 11 is 0. The predicted octanol–water partition coefficient (Wildman–Crippen LogP) is 10.3. The highest BCUT2D eigenvalue weighted by Crippen LogP contribution is 2.13. The molecule has 0 aromatic rings. The molecule has 0 aliphatic heterocycles. The minimum Gasteiger partial charge on any atom is -0.481 e. The minimum atomic E-state index is -0.655. The maximum atomic E-state index is 12.0. The van der Waals surface area contributed by atoms with Crippen LogP contribution in [0.5, 0.6) is 0 Å². The second-order valence-electron chi connectivity index (χ2n) is 12.5. The van der Waals surface area contributed by atoms with E-state index in [1.807, 2.05) is 0 Å². The van der Waals surface area contributed by atoms with Gasteiger partial charge in [0, 0.05) is 12.8 Å². The van der Waals surface area contributed by atoms with Gasteiger partial charge in [-0.05, 0) is 38.5 Å². The van der Waals surface area contributed by atoms with Crippen molar-refractivity contribution in [1.82, 2.24) is 5.23 Å². The highest BCUT2D eigenvalue weighted by Gasteiger charge is 2.15. The van der Waals surface area contributed by atoms with Gasteiger partial charge in [-0.1, -0.05) is 160 Å². The molecule has 0 aliphatic rings. The molecule has 8 nitrogen and oxygen atoms in total. The summed E-state index contributed by atoms with van der Waals surface area (Å²) in [5, 5.41) is 26.8. The number of hydrogen-bond acceptors (Lipinski definition) is 6. The lowest BCUT2D eigenvalue weighted by molar-refractivity contribution is -0.345. The molecular weight excluding hydrogens is 582 g/mol. The van der Waals surface area contributed by atoms with Gasteiger partial charge in [0.25, 0.3) is 5.91 Å². The zero-order valence-corrected chi connectivity index (χ0v) is 30.2. The van der Waals surface area contributed by atoms with Gasteiger partial charge in [-0.2, -0.15) is 0 Å². The van der Waals surface area contributed by atoms with Crippen LogP contribution >= 0.6 is 0 Å². The number of allylic oxidation sites excluding steroid dienone is 2. The molecule has 0 unspecified atom stereocenters. The van der Waals surface area contributed by atoms with Gasteiger partial charge in [0.2, 0.25) is 0 Å². The van der Waals surface area contributed by atoms with E-state index < -0.39 is 5.97 Å². The van der Waals surface area contributed by atoms with Crippen molar-refractivity contribution in [1.29, 1.82) is 0 Å². The van der Waals surface area contributed by atoms with Crippen molar-refractivity contribution in [2.75, 3.05) is 26.4 Å². The number of carboxylic acid groups (broad SMARTS) is 1. The number of carboxylic acids is 1. The number of rotatable bonds is 35. The van der Waals surface area contributed by atoms with Crippen LogP contribution in [0.4, 0.5) is 0 Å². The second-order valence-corrected chi connectivity index (χ2v) is 12.5. The third kappa shape index (κ3) is 40.5. The van der Waals surface area contributed by atoms with E-state index in [0.29, 0.717) is 12.8 Å². The topological polar surface area (TPSA) is 117 Å². The van der Waals surface area contributed by atoms with Crippen molar-refractivity contribution in [2.24, 2.45) is 0 Å². The molecule has 0 bridgehead atoms. The van der Waals surface area contributed by atoms with E-state index in [2.05, 4.69) is 26.0 Å². The Morgan fingerprint density at radius 2 is 0.826 bits per heavy atom. The van der Waals surface area contributed by atoms with Crippen molar-refractivity contribution in [3.63, 3.8) is 0 Å². The molecule has 0 fully saturated rings. The van der Waals surface area contributed by atoms with E-state index in [1.165, 1.54) is 128 Å². The lowest BCUT2D eigenvalue weighted by Crippen LogP contribution is -2.33. The van der Waals surface area contributed by atoms with Gasteiger partial charge in [0.05, 0.1) is 13.2 Å². The number of carbonyl (C=O) groups is 2. The summed E-state index contributed by atoms with van der Waals surface area (Å²) in [6, 6.07) is 0. The molecule has 0 saturated heterocycles. The average Bonchev–Trinajstić information content (AvgIpc) is 3.05. The molecule has 274 valence electrons. The average molecular weight is 658 g/mol. The molecule has 0 spiro atoms. The Hall–Kier alpha value is -1.48. The Morgan fingerprint density at radius 1 is 0.500 bits per heavy atom. The van der Waals surface area contributed by atoms with Crippen LogP contribution in [-0.2, 0) is 19.3 Å². The standard InChI is InChI=1S/C22H43NO5.C16H32O2/c1-2-3-4-5-6-7-8-9-10-11-12-13-14-15-16-17-22(26)23(27-20-18-24)28-21-19-25;1-2-3-4-5-6-7-8-9-10-11-12-13-14-15-16(17)18/h9-10,24-25H,2-8,11-21H2,1H3;2-15H2,1H3,(H,17,18)/b10-9-;. The number of carbonyl (C=O) groups excluding carboxylic acids is 1. The zero-order chi connectivity index (χ0) is 34.2. The van der Waals surface area contributed by atoms with Crippen molar-refractivity contribution in [3.05, 3.63) is 12.2 Å². The quantitative estimate of drug-likeness (QED) is 0.0353. The Bertz CT molecular complexity index is 637. The van der Waals surface area contributed by atoms with E-state index in [9.17, 15) is 9.59 Å². The Balaban J connectivity index is 0. The van der Waals surface area contributed by atoms with Gasteiger partial charge < -0.3 is 15.3 Å². The van der Waals surface area contributed by atoms with Crippen LogP contribution in [0.3, 0.4) is 0 Å². The first-order valence-corrected chi connectivity index (χ1v) is 19.2. The van der Waals surface area contributed by atoms with Gasteiger partial charge in [-0.25, -0.2) is 9.68 Å². The number of nitrogens with zero attached hydrogens (tertiary/aromatic N) is 1. The third-order valence-electron chi connectivity index (χ3n) is 7.95. The second kappa shape index (κ2) is 41.5. The first-order chi connectivity index (χ1) is 22.5. The Morgan fingerprint density at radius 3 is 1.17 bits per heavy atom. The zero-order valence-electron chi connectivity index (χ0n) is 30.2. The molecule has 0 aliphatic carbocycles. The highest BCUT2D eigenvalue weighted by molar-refractivity contribution is 5.73. The number of amides is 1. The number of aliphatic carboxylic acids is 1. The fourth-order valence-electron chi connectivity index (χ4n) is 5.16. The van der Waals surface area contributed by atoms with Crippen LogP contribution in [0.25, 0.3) is 0 Å². The Labute approximate surface area is 283 Å². The van der Waals surface area contributed by atoms with E-state index in [1.54, 1.807) is 0 Å². The number of aliphatic hydroxyl groups excluding tert-OH is 2. The molecule has 0 heterocycles. The Kier molecular flexibility index (Phi) is 42.1. The lowest BCUT2D eigenvalue weighted by atomic mass is 10.0. The van der Waals surface area contributed by atoms with E-state index in [0.717, 1.165) is 43.8 Å². The molecule has 0 radical (unpaired) electrons. The monoisotopic (exact) mass is 658 g/mol. The SMILES string of the molecule is CCCCCCCC/C=C\CCCCCCCC(=O)N(OCCO)OCCO.CCCCCCCCCCCCCCCC(=O)O. The summed E-state index contributed by atoms with van der Waals surface area (Å²) in [4.78, 5) is 32.3. The summed E-state index contributed by atoms with van der Waals surface area (Å²) < 4.78 is 0. The summed E-state index contributed by atoms with van der Waals surface area (Å²) in [6.45, 7) is 4.10.